The highest BCUT2D eigenvalue weighted by Crippen LogP contribution is 2.32. The highest BCUT2D eigenvalue weighted by Gasteiger charge is 2.10. The zero-order valence-electron chi connectivity index (χ0n) is 14.4. The van der Waals surface area contributed by atoms with Crippen molar-refractivity contribution in [2.24, 2.45) is 0 Å². The molecule has 7 heteroatoms. The Balaban J connectivity index is 1.95. The highest BCUT2D eigenvalue weighted by atomic mass is 16.5. The number of anilines is 3. The Labute approximate surface area is 151 Å². The van der Waals surface area contributed by atoms with Gasteiger partial charge in [-0.1, -0.05) is 12.1 Å². The third-order valence-electron chi connectivity index (χ3n) is 3.77. The zero-order valence-corrected chi connectivity index (χ0v) is 14.4. The summed E-state index contributed by atoms with van der Waals surface area (Å²) in [6, 6.07) is 14.6. The van der Waals surface area contributed by atoms with Gasteiger partial charge in [-0.05, 0) is 30.3 Å². The number of rotatable bonds is 5. The fourth-order valence-electron chi connectivity index (χ4n) is 2.52. The molecule has 0 saturated carbocycles. The van der Waals surface area contributed by atoms with Crippen molar-refractivity contribution in [1.82, 2.24) is 9.97 Å². The zero-order chi connectivity index (χ0) is 18.5. The molecule has 0 saturated heterocycles. The molecule has 7 nitrogen and oxygen atoms in total. The van der Waals surface area contributed by atoms with Crippen molar-refractivity contribution in [1.29, 1.82) is 5.26 Å². The number of benzene rings is 2. The number of nitrogens with two attached hydrogens (primary N) is 1. The molecule has 0 atom stereocenters. The molecule has 0 spiro atoms. The summed E-state index contributed by atoms with van der Waals surface area (Å²) in [5.41, 5.74) is 9.07. The highest BCUT2D eigenvalue weighted by molar-refractivity contribution is 5.73. The Morgan fingerprint density at radius 2 is 1.96 bits per heavy atom. The first kappa shape index (κ1) is 17.0. The maximum atomic E-state index is 9.10. The first-order valence-electron chi connectivity index (χ1n) is 7.77. The molecular formula is C19H17N5O2. The summed E-state index contributed by atoms with van der Waals surface area (Å²) in [7, 11) is 3.08. The van der Waals surface area contributed by atoms with Gasteiger partial charge in [0.05, 0.1) is 36.9 Å². The smallest absolute Gasteiger partial charge is 0.227 e. The third-order valence-corrected chi connectivity index (χ3v) is 3.77. The quantitative estimate of drug-likeness (QED) is 0.682. The van der Waals surface area contributed by atoms with E-state index >= 15 is 0 Å². The van der Waals surface area contributed by atoms with Gasteiger partial charge in [-0.25, -0.2) is 9.97 Å². The first-order chi connectivity index (χ1) is 12.7. The fourth-order valence-corrected chi connectivity index (χ4v) is 2.52. The minimum Gasteiger partial charge on any atom is -0.495 e. The molecule has 0 fully saturated rings. The SMILES string of the molecule is COc1cc(-c2ccnc(Nc3cccc(N)c3OC)n2)ccc1C#N. The molecule has 0 bridgehead atoms. The first-order valence-corrected chi connectivity index (χ1v) is 7.77. The Bertz CT molecular complexity index is 982. The fraction of sp³-hybridized carbons (Fsp3) is 0.105. The molecule has 3 N–H and O–H groups in total. The maximum absolute atomic E-state index is 9.10. The van der Waals surface area contributed by atoms with E-state index in [1.54, 1.807) is 37.6 Å². The van der Waals surface area contributed by atoms with Gasteiger partial charge in [0.15, 0.2) is 5.75 Å². The summed E-state index contributed by atoms with van der Waals surface area (Å²) in [5, 5.41) is 12.2. The van der Waals surface area contributed by atoms with E-state index < -0.39 is 0 Å². The topological polar surface area (TPSA) is 106 Å². The van der Waals surface area contributed by atoms with Crippen LogP contribution >= 0.6 is 0 Å². The summed E-state index contributed by atoms with van der Waals surface area (Å²) < 4.78 is 10.6. The summed E-state index contributed by atoms with van der Waals surface area (Å²) >= 11 is 0. The van der Waals surface area contributed by atoms with Crippen molar-refractivity contribution in [3.05, 3.63) is 54.2 Å². The van der Waals surface area contributed by atoms with Crippen molar-refractivity contribution >= 4 is 17.3 Å². The van der Waals surface area contributed by atoms with E-state index in [0.717, 1.165) is 5.56 Å². The Morgan fingerprint density at radius 1 is 1.12 bits per heavy atom. The number of nitrogen functional groups attached to an aromatic ring is 1. The van der Waals surface area contributed by atoms with Crippen LogP contribution in [0.3, 0.4) is 0 Å². The number of nitrogens with one attached hydrogen (secondary N) is 1. The largest absolute Gasteiger partial charge is 0.495 e. The van der Waals surface area contributed by atoms with E-state index in [0.29, 0.717) is 40.1 Å². The number of nitriles is 1. The normalized spacial score (nSPS) is 10.0. The van der Waals surface area contributed by atoms with E-state index in [4.69, 9.17) is 20.5 Å². The molecule has 0 radical (unpaired) electrons. The van der Waals surface area contributed by atoms with Gasteiger partial charge in [0, 0.05) is 11.8 Å². The molecular weight excluding hydrogens is 330 g/mol. The van der Waals surface area contributed by atoms with Crippen LogP contribution in [0.25, 0.3) is 11.3 Å². The summed E-state index contributed by atoms with van der Waals surface area (Å²) in [6.45, 7) is 0. The van der Waals surface area contributed by atoms with E-state index in [9.17, 15) is 0 Å². The van der Waals surface area contributed by atoms with Crippen LogP contribution in [0.15, 0.2) is 48.7 Å². The van der Waals surface area contributed by atoms with Gasteiger partial charge in [-0.2, -0.15) is 5.26 Å². The van der Waals surface area contributed by atoms with Crippen LogP contribution in [0.4, 0.5) is 17.3 Å². The predicted molar refractivity (Wildman–Crippen MR) is 99.4 cm³/mol. The lowest BCUT2D eigenvalue weighted by Crippen LogP contribution is -2.02. The molecule has 0 aliphatic carbocycles. The summed E-state index contributed by atoms with van der Waals surface area (Å²) in [4.78, 5) is 8.76. The number of aromatic nitrogens is 2. The second-order valence-corrected chi connectivity index (χ2v) is 5.35. The lowest BCUT2D eigenvalue weighted by atomic mass is 10.1. The lowest BCUT2D eigenvalue weighted by molar-refractivity contribution is 0.413. The Kier molecular flexibility index (Phi) is 4.85. The average molecular weight is 347 g/mol. The maximum Gasteiger partial charge on any atom is 0.227 e. The van der Waals surface area contributed by atoms with Gasteiger partial charge in [0.1, 0.15) is 11.8 Å². The minimum absolute atomic E-state index is 0.398. The van der Waals surface area contributed by atoms with Crippen molar-refractivity contribution in [3.8, 4) is 28.8 Å². The van der Waals surface area contributed by atoms with Crippen LogP contribution in [0.1, 0.15) is 5.56 Å². The molecule has 3 aromatic rings. The molecule has 26 heavy (non-hydrogen) atoms. The predicted octanol–water partition coefficient (Wildman–Crippen LogP) is 3.36. The number of ether oxygens (including phenoxy) is 2. The van der Waals surface area contributed by atoms with Crippen molar-refractivity contribution in [3.63, 3.8) is 0 Å². The molecule has 130 valence electrons. The second-order valence-electron chi connectivity index (χ2n) is 5.35. The molecule has 3 rings (SSSR count). The molecule has 0 aliphatic heterocycles. The van der Waals surface area contributed by atoms with Crippen molar-refractivity contribution in [2.45, 2.75) is 0 Å². The van der Waals surface area contributed by atoms with Gasteiger partial charge in [0.25, 0.3) is 0 Å². The molecule has 0 aliphatic rings. The summed E-state index contributed by atoms with van der Waals surface area (Å²) in [5.74, 6) is 1.42. The van der Waals surface area contributed by atoms with E-state index in [1.807, 2.05) is 18.2 Å². The number of hydrogen-bond donors (Lipinski definition) is 2. The van der Waals surface area contributed by atoms with Crippen LogP contribution in [0.2, 0.25) is 0 Å². The van der Waals surface area contributed by atoms with Crippen LogP contribution in [0.5, 0.6) is 11.5 Å². The van der Waals surface area contributed by atoms with Crippen molar-refractivity contribution < 1.29 is 9.47 Å². The van der Waals surface area contributed by atoms with E-state index in [-0.39, 0.29) is 0 Å². The van der Waals surface area contributed by atoms with Gasteiger partial charge in [0.2, 0.25) is 5.95 Å². The third kappa shape index (κ3) is 3.35. The van der Waals surface area contributed by atoms with Crippen LogP contribution in [-0.4, -0.2) is 24.2 Å². The van der Waals surface area contributed by atoms with Gasteiger partial charge in [-0.3, -0.25) is 0 Å². The molecule has 1 aromatic heterocycles. The second kappa shape index (κ2) is 7.40. The Hall–Kier alpha value is -3.79. The average Bonchev–Trinajstić information content (AvgIpc) is 2.68. The van der Waals surface area contributed by atoms with Gasteiger partial charge >= 0.3 is 0 Å². The minimum atomic E-state index is 0.398. The van der Waals surface area contributed by atoms with E-state index in [1.165, 1.54) is 7.11 Å². The Morgan fingerprint density at radius 3 is 2.69 bits per heavy atom. The number of nitrogens with zero attached hydrogens (tertiary/aromatic N) is 3. The molecule has 0 unspecified atom stereocenters. The van der Waals surface area contributed by atoms with Crippen LogP contribution < -0.4 is 20.5 Å². The number of methoxy groups -OCH3 is 2. The number of para-hydroxylation sites is 1. The monoisotopic (exact) mass is 347 g/mol. The standard InChI is InChI=1S/C19H17N5O2/c1-25-17-10-12(6-7-13(17)11-20)15-8-9-22-19(23-15)24-16-5-3-4-14(21)18(16)26-2/h3-10H,21H2,1-2H3,(H,22,23,24). The van der Waals surface area contributed by atoms with Gasteiger partial charge in [-0.15, -0.1) is 0 Å². The number of hydrogen-bond acceptors (Lipinski definition) is 7. The van der Waals surface area contributed by atoms with Gasteiger partial charge < -0.3 is 20.5 Å². The molecule has 0 amide bonds. The van der Waals surface area contributed by atoms with Crippen molar-refractivity contribution in [2.75, 3.05) is 25.3 Å². The van der Waals surface area contributed by atoms with Crippen LogP contribution in [-0.2, 0) is 0 Å². The molecule has 1 heterocycles. The molecule has 2 aromatic carbocycles. The lowest BCUT2D eigenvalue weighted by Gasteiger charge is -2.12. The van der Waals surface area contributed by atoms with E-state index in [2.05, 4.69) is 21.4 Å². The van der Waals surface area contributed by atoms with Crippen LogP contribution in [0, 0.1) is 11.3 Å². The summed E-state index contributed by atoms with van der Waals surface area (Å²) in [6.07, 6.45) is 1.65.